The summed E-state index contributed by atoms with van der Waals surface area (Å²) in [5.74, 6) is -1.33. The van der Waals surface area contributed by atoms with Gasteiger partial charge in [0.05, 0.1) is 5.56 Å². The summed E-state index contributed by atoms with van der Waals surface area (Å²) in [5.41, 5.74) is 9.11. The van der Waals surface area contributed by atoms with Gasteiger partial charge in [0.1, 0.15) is 5.82 Å². The number of ketones is 1. The number of nitrogens with two attached hydrogens (primary N) is 1. The second-order valence-corrected chi connectivity index (χ2v) is 7.16. The minimum Gasteiger partial charge on any atom is -0.454 e. The predicted octanol–water partition coefficient (Wildman–Crippen LogP) is 4.57. The first-order chi connectivity index (χ1) is 13.8. The fourth-order valence-electron chi connectivity index (χ4n) is 3.09. The zero-order chi connectivity index (χ0) is 21.1. The molecule has 0 aliphatic heterocycles. The zero-order valence-corrected chi connectivity index (χ0v) is 16.8. The summed E-state index contributed by atoms with van der Waals surface area (Å²) in [5, 5.41) is 0.349. The van der Waals surface area contributed by atoms with Crippen LogP contribution in [0.3, 0.4) is 0 Å². The monoisotopic (exact) mass is 414 g/mol. The van der Waals surface area contributed by atoms with Gasteiger partial charge in [0, 0.05) is 34.2 Å². The quantitative estimate of drug-likeness (QED) is 0.364. The predicted molar refractivity (Wildman–Crippen MR) is 110 cm³/mol. The summed E-state index contributed by atoms with van der Waals surface area (Å²) in [6, 6.07) is 12.4. The van der Waals surface area contributed by atoms with Gasteiger partial charge in [-0.2, -0.15) is 0 Å². The van der Waals surface area contributed by atoms with E-state index in [1.54, 1.807) is 24.3 Å². The van der Waals surface area contributed by atoms with Crippen LogP contribution in [0.25, 0.3) is 0 Å². The van der Waals surface area contributed by atoms with Gasteiger partial charge >= 0.3 is 5.97 Å². The van der Waals surface area contributed by atoms with E-state index in [0.29, 0.717) is 17.1 Å². The van der Waals surface area contributed by atoms with Crippen LogP contribution >= 0.6 is 11.6 Å². The van der Waals surface area contributed by atoms with Gasteiger partial charge in [-0.15, -0.1) is 0 Å². The number of benzene rings is 2. The van der Waals surface area contributed by atoms with Crippen LogP contribution in [0.1, 0.15) is 37.7 Å². The molecule has 5 nitrogen and oxygen atoms in total. The molecule has 0 fully saturated rings. The zero-order valence-electron chi connectivity index (χ0n) is 16.0. The van der Waals surface area contributed by atoms with Crippen molar-refractivity contribution in [2.45, 2.75) is 20.4 Å². The molecule has 1 heterocycles. The molecule has 0 spiro atoms. The molecule has 29 heavy (non-hydrogen) atoms. The third-order valence-electron chi connectivity index (χ3n) is 4.70. The van der Waals surface area contributed by atoms with Crippen molar-refractivity contribution < 1.29 is 18.7 Å². The summed E-state index contributed by atoms with van der Waals surface area (Å²) in [6.07, 6.45) is 0. The van der Waals surface area contributed by atoms with E-state index < -0.39 is 12.6 Å². The van der Waals surface area contributed by atoms with Crippen molar-refractivity contribution in [1.82, 2.24) is 4.57 Å². The van der Waals surface area contributed by atoms with Crippen molar-refractivity contribution in [3.8, 4) is 0 Å². The number of rotatable bonds is 6. The number of nitrogen functional groups attached to an aromatic ring is 1. The van der Waals surface area contributed by atoms with Crippen molar-refractivity contribution in [3.63, 3.8) is 0 Å². The Bertz CT molecular complexity index is 1070. The number of carbonyl (C=O) groups excluding carboxylic acids is 2. The topological polar surface area (TPSA) is 74.3 Å². The van der Waals surface area contributed by atoms with Gasteiger partial charge in [0.15, 0.2) is 6.61 Å². The average Bonchev–Trinajstić information content (AvgIpc) is 2.97. The normalized spacial score (nSPS) is 10.8. The average molecular weight is 415 g/mol. The molecule has 0 radical (unpaired) electrons. The molecule has 2 aromatic carbocycles. The maximum absolute atomic E-state index is 13.1. The molecule has 0 aliphatic rings. The molecule has 0 aliphatic carbocycles. The first-order valence-electron chi connectivity index (χ1n) is 8.92. The number of aromatic nitrogens is 1. The number of hydrogen-bond donors (Lipinski definition) is 1. The fourth-order valence-corrected chi connectivity index (χ4v) is 3.26. The lowest BCUT2D eigenvalue weighted by Crippen LogP contribution is -2.16. The Kier molecular flexibility index (Phi) is 6.03. The van der Waals surface area contributed by atoms with Crippen LogP contribution in [0.15, 0.2) is 48.5 Å². The number of nitrogens with zero attached hydrogens (tertiary/aromatic N) is 1. The van der Waals surface area contributed by atoms with Crippen molar-refractivity contribution in [2.24, 2.45) is 0 Å². The second-order valence-electron chi connectivity index (χ2n) is 6.73. The fraction of sp³-hybridized carbons (Fsp3) is 0.182. The summed E-state index contributed by atoms with van der Waals surface area (Å²) < 4.78 is 20.2. The molecule has 2 N–H and O–H groups in total. The minimum absolute atomic E-state index is 0.118. The first-order valence-corrected chi connectivity index (χ1v) is 9.30. The highest BCUT2D eigenvalue weighted by atomic mass is 35.5. The number of anilines is 1. The van der Waals surface area contributed by atoms with Crippen LogP contribution < -0.4 is 5.73 Å². The van der Waals surface area contributed by atoms with Gasteiger partial charge in [0.25, 0.3) is 0 Å². The van der Waals surface area contributed by atoms with Crippen LogP contribution in [-0.2, 0) is 11.3 Å². The Morgan fingerprint density at radius 2 is 1.76 bits per heavy atom. The highest BCUT2D eigenvalue weighted by molar-refractivity contribution is 6.31. The first kappa shape index (κ1) is 20.6. The Balaban J connectivity index is 1.72. The maximum Gasteiger partial charge on any atom is 0.340 e. The number of Topliss-reactive ketones (excluding diaryl/α,β-unsaturated/α-hetero) is 1. The van der Waals surface area contributed by atoms with E-state index in [2.05, 4.69) is 0 Å². The molecule has 0 unspecified atom stereocenters. The molecule has 0 bridgehead atoms. The molecule has 1 aromatic heterocycles. The van der Waals surface area contributed by atoms with Gasteiger partial charge in [-0.1, -0.05) is 23.7 Å². The van der Waals surface area contributed by atoms with Crippen molar-refractivity contribution >= 4 is 29.0 Å². The standard InChI is InChI=1S/C22H20ClFN2O3/c1-13-9-18(14(2)26(13)11-15-3-6-17(24)7-4-15)21(27)12-29-22(28)19-10-16(23)5-8-20(19)25/h3-10H,11-12,25H2,1-2H3. The molecule has 0 atom stereocenters. The molecule has 3 rings (SSSR count). The SMILES string of the molecule is Cc1cc(C(=O)COC(=O)c2cc(Cl)ccc2N)c(C)n1Cc1ccc(F)cc1. The largest absolute Gasteiger partial charge is 0.454 e. The lowest BCUT2D eigenvalue weighted by Gasteiger charge is -2.10. The van der Waals surface area contributed by atoms with Crippen molar-refractivity contribution in [3.05, 3.63) is 87.4 Å². The molecule has 0 saturated carbocycles. The van der Waals surface area contributed by atoms with Gasteiger partial charge in [-0.05, 0) is 55.8 Å². The van der Waals surface area contributed by atoms with Gasteiger partial charge in [0.2, 0.25) is 5.78 Å². The van der Waals surface area contributed by atoms with Crippen LogP contribution in [-0.4, -0.2) is 22.9 Å². The maximum atomic E-state index is 13.1. The molecule has 3 aromatic rings. The lowest BCUT2D eigenvalue weighted by molar-refractivity contribution is 0.0475. The van der Waals surface area contributed by atoms with E-state index in [1.165, 1.54) is 24.3 Å². The highest BCUT2D eigenvalue weighted by Crippen LogP contribution is 2.20. The van der Waals surface area contributed by atoms with E-state index in [1.807, 2.05) is 18.4 Å². The number of aryl methyl sites for hydroxylation is 1. The minimum atomic E-state index is -0.710. The van der Waals surface area contributed by atoms with E-state index >= 15 is 0 Å². The van der Waals surface area contributed by atoms with E-state index in [0.717, 1.165) is 17.0 Å². The van der Waals surface area contributed by atoms with Crippen molar-refractivity contribution in [1.29, 1.82) is 0 Å². The molecular weight excluding hydrogens is 395 g/mol. The summed E-state index contributed by atoms with van der Waals surface area (Å²) in [4.78, 5) is 24.8. The van der Waals surface area contributed by atoms with Crippen LogP contribution in [0, 0.1) is 19.7 Å². The van der Waals surface area contributed by atoms with E-state index in [9.17, 15) is 14.0 Å². The Labute approximate surface area is 172 Å². The Morgan fingerprint density at radius 3 is 2.45 bits per heavy atom. The Hall–Kier alpha value is -3.12. The van der Waals surface area contributed by atoms with Gasteiger partial charge in [-0.25, -0.2) is 9.18 Å². The van der Waals surface area contributed by atoms with Gasteiger partial charge in [-0.3, -0.25) is 4.79 Å². The van der Waals surface area contributed by atoms with Crippen LogP contribution in [0.2, 0.25) is 5.02 Å². The third-order valence-corrected chi connectivity index (χ3v) is 4.93. The Morgan fingerprint density at radius 1 is 1.07 bits per heavy atom. The molecule has 0 saturated heterocycles. The van der Waals surface area contributed by atoms with E-state index in [4.69, 9.17) is 22.1 Å². The summed E-state index contributed by atoms with van der Waals surface area (Å²) in [7, 11) is 0. The van der Waals surface area contributed by atoms with Crippen LogP contribution in [0.4, 0.5) is 10.1 Å². The number of ether oxygens (including phenoxy) is 1. The van der Waals surface area contributed by atoms with Crippen LogP contribution in [0.5, 0.6) is 0 Å². The molecular formula is C22H20ClFN2O3. The number of carbonyl (C=O) groups is 2. The summed E-state index contributed by atoms with van der Waals surface area (Å²) >= 11 is 5.88. The smallest absolute Gasteiger partial charge is 0.340 e. The highest BCUT2D eigenvalue weighted by Gasteiger charge is 2.19. The molecule has 150 valence electrons. The number of hydrogen-bond acceptors (Lipinski definition) is 4. The molecule has 0 amide bonds. The molecule has 7 heteroatoms. The van der Waals surface area contributed by atoms with E-state index in [-0.39, 0.29) is 22.9 Å². The second kappa shape index (κ2) is 8.49. The van der Waals surface area contributed by atoms with Crippen molar-refractivity contribution in [2.75, 3.05) is 12.3 Å². The van der Waals surface area contributed by atoms with Gasteiger partial charge < -0.3 is 15.0 Å². The summed E-state index contributed by atoms with van der Waals surface area (Å²) in [6.45, 7) is 3.79. The third kappa shape index (κ3) is 4.66. The number of esters is 1. The number of halogens is 2. The lowest BCUT2D eigenvalue weighted by atomic mass is 10.1.